The summed E-state index contributed by atoms with van der Waals surface area (Å²) in [4.78, 5) is 2.41. The quantitative estimate of drug-likeness (QED) is 0.702. The summed E-state index contributed by atoms with van der Waals surface area (Å²) in [7, 11) is 0. The minimum absolute atomic E-state index is 0.676. The Hall–Kier alpha value is 0.150. The summed E-state index contributed by atoms with van der Waals surface area (Å²) in [6.07, 6.45) is 0.676. The van der Waals surface area contributed by atoms with Crippen molar-refractivity contribution in [2.45, 2.75) is 6.42 Å². The predicted octanol–water partition coefficient (Wildman–Crippen LogP) is 1.68. The summed E-state index contributed by atoms with van der Waals surface area (Å²) >= 11 is 4.07. The summed E-state index contributed by atoms with van der Waals surface area (Å²) in [5.41, 5.74) is 0. The minimum Gasteiger partial charge on any atom is -0.301 e. The summed E-state index contributed by atoms with van der Waals surface area (Å²) in [6.45, 7) is 3.28. The van der Waals surface area contributed by atoms with Crippen molar-refractivity contribution in [3.8, 4) is 6.07 Å². The fourth-order valence-corrected chi connectivity index (χ4v) is 3.38. The molecule has 0 aromatic heterocycles. The molecular weight excluding hydrogens is 200 g/mol. The molecule has 4 heteroatoms. The first-order valence-electron chi connectivity index (χ1n) is 4.68. The highest BCUT2D eigenvalue weighted by atomic mass is 32.2. The van der Waals surface area contributed by atoms with Gasteiger partial charge in [0.05, 0.1) is 6.07 Å². The van der Waals surface area contributed by atoms with Gasteiger partial charge in [0.2, 0.25) is 0 Å². The molecule has 1 aliphatic heterocycles. The van der Waals surface area contributed by atoms with Gasteiger partial charge in [0, 0.05) is 49.1 Å². The molecular formula is C9H16N2S2. The molecule has 0 amide bonds. The molecule has 2 nitrogen and oxygen atoms in total. The molecule has 1 aliphatic rings. The molecule has 0 saturated carbocycles. The van der Waals surface area contributed by atoms with Crippen LogP contribution in [-0.2, 0) is 0 Å². The van der Waals surface area contributed by atoms with Crippen molar-refractivity contribution >= 4 is 23.5 Å². The Balaban J connectivity index is 2.20. The molecule has 74 valence electrons. The smallest absolute Gasteiger partial charge is 0.0635 e. The zero-order chi connectivity index (χ0) is 9.36. The number of hydrogen-bond acceptors (Lipinski definition) is 4. The second-order valence-corrected chi connectivity index (χ2v) is 5.42. The van der Waals surface area contributed by atoms with Crippen LogP contribution in [0.5, 0.6) is 0 Å². The maximum absolute atomic E-state index is 8.49. The third-order valence-corrected chi connectivity index (χ3v) is 4.20. The largest absolute Gasteiger partial charge is 0.301 e. The van der Waals surface area contributed by atoms with E-state index >= 15 is 0 Å². The molecule has 1 saturated heterocycles. The van der Waals surface area contributed by atoms with E-state index in [9.17, 15) is 0 Å². The maximum Gasteiger partial charge on any atom is 0.0635 e. The van der Waals surface area contributed by atoms with Crippen LogP contribution in [0, 0.1) is 11.3 Å². The van der Waals surface area contributed by atoms with Gasteiger partial charge in [-0.1, -0.05) is 0 Å². The Kier molecular flexibility index (Phi) is 6.51. The Labute approximate surface area is 89.1 Å². The molecule has 13 heavy (non-hydrogen) atoms. The van der Waals surface area contributed by atoms with Crippen LogP contribution < -0.4 is 0 Å². The third-order valence-electron chi connectivity index (χ3n) is 2.02. The van der Waals surface area contributed by atoms with Crippen molar-refractivity contribution in [1.82, 2.24) is 4.90 Å². The van der Waals surface area contributed by atoms with E-state index in [4.69, 9.17) is 5.26 Å². The highest BCUT2D eigenvalue weighted by Crippen LogP contribution is 2.11. The van der Waals surface area contributed by atoms with E-state index in [1.165, 1.54) is 23.0 Å². The van der Waals surface area contributed by atoms with Crippen LogP contribution in [0.1, 0.15) is 6.42 Å². The number of nitriles is 1. The van der Waals surface area contributed by atoms with Gasteiger partial charge in [-0.2, -0.15) is 28.8 Å². The van der Waals surface area contributed by atoms with Gasteiger partial charge in [0.1, 0.15) is 0 Å². The summed E-state index contributed by atoms with van der Waals surface area (Å²) in [5, 5.41) is 8.49. The molecule has 0 radical (unpaired) electrons. The maximum atomic E-state index is 8.49. The van der Waals surface area contributed by atoms with Crippen LogP contribution in [0.2, 0.25) is 0 Å². The van der Waals surface area contributed by atoms with Gasteiger partial charge in [-0.15, -0.1) is 0 Å². The lowest BCUT2D eigenvalue weighted by molar-refractivity contribution is 0.317. The fraction of sp³-hybridized carbons (Fsp3) is 0.889. The third kappa shape index (κ3) is 5.45. The van der Waals surface area contributed by atoms with E-state index in [2.05, 4.69) is 11.0 Å². The predicted molar refractivity (Wildman–Crippen MR) is 61.3 cm³/mol. The number of hydrogen-bond donors (Lipinski definition) is 0. The zero-order valence-corrected chi connectivity index (χ0v) is 9.50. The van der Waals surface area contributed by atoms with Gasteiger partial charge in [-0.25, -0.2) is 0 Å². The van der Waals surface area contributed by atoms with Crippen molar-refractivity contribution in [2.24, 2.45) is 0 Å². The molecule has 1 rings (SSSR count). The molecule has 0 spiro atoms. The first kappa shape index (κ1) is 11.2. The standard InChI is InChI=1S/C9H16N2S2/c10-2-1-3-11-4-6-12-8-9-13-7-5-11/h1,3-9H2. The fourth-order valence-electron chi connectivity index (χ4n) is 1.25. The highest BCUT2D eigenvalue weighted by Gasteiger charge is 2.06. The van der Waals surface area contributed by atoms with E-state index in [-0.39, 0.29) is 0 Å². The average Bonchev–Trinajstić information content (AvgIpc) is 2.28. The lowest BCUT2D eigenvalue weighted by Gasteiger charge is -2.19. The number of thioether (sulfide) groups is 2. The van der Waals surface area contributed by atoms with E-state index in [1.807, 2.05) is 23.5 Å². The van der Waals surface area contributed by atoms with E-state index < -0.39 is 0 Å². The highest BCUT2D eigenvalue weighted by molar-refractivity contribution is 8.02. The molecule has 0 unspecified atom stereocenters. The molecule has 1 heterocycles. The van der Waals surface area contributed by atoms with E-state index in [1.54, 1.807) is 0 Å². The van der Waals surface area contributed by atoms with E-state index in [0.29, 0.717) is 6.42 Å². The molecule has 0 N–H and O–H groups in total. The van der Waals surface area contributed by atoms with Crippen LogP contribution in [0.3, 0.4) is 0 Å². The minimum atomic E-state index is 0.676. The van der Waals surface area contributed by atoms with Crippen molar-refractivity contribution in [3.63, 3.8) is 0 Å². The Morgan fingerprint density at radius 3 is 2.23 bits per heavy atom. The van der Waals surface area contributed by atoms with Crippen molar-refractivity contribution in [1.29, 1.82) is 5.26 Å². The van der Waals surface area contributed by atoms with Gasteiger partial charge in [0.25, 0.3) is 0 Å². The molecule has 0 atom stereocenters. The summed E-state index contributed by atoms with van der Waals surface area (Å²) in [5.74, 6) is 5.03. The summed E-state index contributed by atoms with van der Waals surface area (Å²) < 4.78 is 0. The first-order chi connectivity index (χ1) is 6.43. The monoisotopic (exact) mass is 216 g/mol. The number of rotatable bonds is 2. The van der Waals surface area contributed by atoms with Crippen LogP contribution in [0.15, 0.2) is 0 Å². The SMILES string of the molecule is N#CCCN1CCSCCSCC1. The van der Waals surface area contributed by atoms with Gasteiger partial charge in [-0.05, 0) is 0 Å². The molecule has 1 fully saturated rings. The number of nitrogens with zero attached hydrogens (tertiary/aromatic N) is 2. The topological polar surface area (TPSA) is 27.0 Å². The normalized spacial score (nSPS) is 21.2. The molecule has 0 aromatic rings. The first-order valence-corrected chi connectivity index (χ1v) is 6.99. The van der Waals surface area contributed by atoms with Gasteiger partial charge < -0.3 is 4.90 Å². The second kappa shape index (κ2) is 7.54. The van der Waals surface area contributed by atoms with Gasteiger partial charge in [-0.3, -0.25) is 0 Å². The lowest BCUT2D eigenvalue weighted by atomic mass is 10.4. The summed E-state index contributed by atoms with van der Waals surface area (Å²) in [6, 6.07) is 2.21. The molecule has 0 bridgehead atoms. The second-order valence-electron chi connectivity index (χ2n) is 2.97. The van der Waals surface area contributed by atoms with Crippen LogP contribution in [0.4, 0.5) is 0 Å². The van der Waals surface area contributed by atoms with Crippen LogP contribution in [-0.4, -0.2) is 47.5 Å². The van der Waals surface area contributed by atoms with Crippen LogP contribution >= 0.6 is 23.5 Å². The van der Waals surface area contributed by atoms with Gasteiger partial charge in [0.15, 0.2) is 0 Å². The van der Waals surface area contributed by atoms with Crippen molar-refractivity contribution < 1.29 is 0 Å². The van der Waals surface area contributed by atoms with E-state index in [0.717, 1.165) is 19.6 Å². The Morgan fingerprint density at radius 1 is 1.08 bits per heavy atom. The van der Waals surface area contributed by atoms with Crippen LogP contribution in [0.25, 0.3) is 0 Å². The Bertz CT molecular complexity index is 157. The molecule has 0 aliphatic carbocycles. The zero-order valence-electron chi connectivity index (χ0n) is 7.87. The van der Waals surface area contributed by atoms with Crippen molar-refractivity contribution in [2.75, 3.05) is 42.6 Å². The average molecular weight is 216 g/mol. The Morgan fingerprint density at radius 2 is 1.69 bits per heavy atom. The van der Waals surface area contributed by atoms with Gasteiger partial charge >= 0.3 is 0 Å². The lowest BCUT2D eigenvalue weighted by Crippen LogP contribution is -2.29. The molecule has 0 aromatic carbocycles. The van der Waals surface area contributed by atoms with Crippen molar-refractivity contribution in [3.05, 3.63) is 0 Å².